The van der Waals surface area contributed by atoms with E-state index in [4.69, 9.17) is 23.2 Å². The van der Waals surface area contributed by atoms with E-state index in [-0.39, 0.29) is 12.0 Å². The van der Waals surface area contributed by atoms with Gasteiger partial charge in [-0.25, -0.2) is 0 Å². The third-order valence-corrected chi connectivity index (χ3v) is 3.93. The third-order valence-electron chi connectivity index (χ3n) is 3.13. The molecule has 0 unspecified atom stereocenters. The smallest absolute Gasteiger partial charge is 0.242 e. The van der Waals surface area contributed by atoms with Crippen molar-refractivity contribution in [3.8, 4) is 11.3 Å². The molecule has 0 amide bonds. The number of ketones is 1. The number of H-pyrrole nitrogens is 1. The predicted octanol–water partition coefficient (Wildman–Crippen LogP) is 3.92. The van der Waals surface area contributed by atoms with Crippen LogP contribution in [0.15, 0.2) is 36.5 Å². The standard InChI is InChI=1S/C15H8Cl2N2O2/c16-8-4-5-10-12(14(8)17)13(9-3-1-2-6-18-9)15(19-10)11(21)7-20/h1-7,19H. The first-order valence-corrected chi connectivity index (χ1v) is 6.79. The van der Waals surface area contributed by atoms with Crippen LogP contribution >= 0.6 is 23.2 Å². The number of nitrogens with one attached hydrogen (secondary N) is 1. The molecule has 0 saturated carbocycles. The molecule has 3 rings (SSSR count). The highest BCUT2D eigenvalue weighted by Crippen LogP contribution is 2.39. The Kier molecular flexibility index (Phi) is 3.49. The van der Waals surface area contributed by atoms with Gasteiger partial charge in [0.1, 0.15) is 5.69 Å². The fourth-order valence-corrected chi connectivity index (χ4v) is 2.65. The molecule has 2 aromatic heterocycles. The largest absolute Gasteiger partial charge is 0.351 e. The summed E-state index contributed by atoms with van der Waals surface area (Å²) in [4.78, 5) is 29.9. The molecular formula is C15H8Cl2N2O2. The van der Waals surface area contributed by atoms with Gasteiger partial charge in [-0.2, -0.15) is 0 Å². The second-order valence-corrected chi connectivity index (χ2v) is 5.14. The predicted molar refractivity (Wildman–Crippen MR) is 81.9 cm³/mol. The first-order chi connectivity index (χ1) is 10.1. The maximum absolute atomic E-state index is 11.9. The Morgan fingerprint density at radius 3 is 2.67 bits per heavy atom. The van der Waals surface area contributed by atoms with Gasteiger partial charge in [0.2, 0.25) is 5.78 Å². The number of rotatable bonds is 3. The van der Waals surface area contributed by atoms with Crippen molar-refractivity contribution in [3.05, 3.63) is 52.3 Å². The Hall–Kier alpha value is -2.17. The summed E-state index contributed by atoms with van der Waals surface area (Å²) in [6, 6.07) is 8.61. The third kappa shape index (κ3) is 2.22. The molecule has 0 spiro atoms. The van der Waals surface area contributed by atoms with Gasteiger partial charge in [0.25, 0.3) is 0 Å². The van der Waals surface area contributed by atoms with E-state index in [0.29, 0.717) is 32.2 Å². The first kappa shape index (κ1) is 13.8. The number of benzene rings is 1. The Bertz CT molecular complexity index is 857. The monoisotopic (exact) mass is 318 g/mol. The summed E-state index contributed by atoms with van der Waals surface area (Å²) in [7, 11) is 0. The summed E-state index contributed by atoms with van der Waals surface area (Å²) in [5.41, 5.74) is 1.80. The number of halogens is 2. The van der Waals surface area contributed by atoms with Crippen molar-refractivity contribution < 1.29 is 9.59 Å². The van der Waals surface area contributed by atoms with Crippen LogP contribution < -0.4 is 0 Å². The fraction of sp³-hybridized carbons (Fsp3) is 0. The van der Waals surface area contributed by atoms with Crippen LogP contribution in [0.5, 0.6) is 0 Å². The lowest BCUT2D eigenvalue weighted by atomic mass is 10.0. The van der Waals surface area contributed by atoms with Gasteiger partial charge < -0.3 is 4.98 Å². The topological polar surface area (TPSA) is 62.8 Å². The molecule has 0 aliphatic heterocycles. The number of hydrogen-bond acceptors (Lipinski definition) is 3. The molecule has 0 radical (unpaired) electrons. The van der Waals surface area contributed by atoms with Crippen LogP contribution in [0.2, 0.25) is 10.0 Å². The van der Waals surface area contributed by atoms with E-state index in [2.05, 4.69) is 9.97 Å². The van der Waals surface area contributed by atoms with Crippen molar-refractivity contribution in [2.45, 2.75) is 0 Å². The summed E-state index contributed by atoms with van der Waals surface area (Å²) in [6.45, 7) is 0. The highest BCUT2D eigenvalue weighted by atomic mass is 35.5. The van der Waals surface area contributed by atoms with Gasteiger partial charge in [-0.05, 0) is 24.3 Å². The number of aromatic nitrogens is 2. The molecule has 0 fully saturated rings. The molecule has 0 aliphatic carbocycles. The highest BCUT2D eigenvalue weighted by molar-refractivity contribution is 6.46. The molecule has 0 aliphatic rings. The van der Waals surface area contributed by atoms with E-state index in [1.165, 1.54) is 0 Å². The van der Waals surface area contributed by atoms with Crippen LogP contribution in [0.1, 0.15) is 10.5 Å². The lowest BCUT2D eigenvalue weighted by Gasteiger charge is -2.03. The van der Waals surface area contributed by atoms with Crippen molar-refractivity contribution >= 4 is 46.2 Å². The molecule has 0 bridgehead atoms. The minimum atomic E-state index is -0.668. The zero-order valence-corrected chi connectivity index (χ0v) is 12.1. The van der Waals surface area contributed by atoms with Gasteiger partial charge >= 0.3 is 0 Å². The molecule has 1 N–H and O–H groups in total. The van der Waals surface area contributed by atoms with Gasteiger partial charge in [-0.15, -0.1) is 0 Å². The number of aldehydes is 1. The second kappa shape index (κ2) is 5.31. The Morgan fingerprint density at radius 1 is 1.19 bits per heavy atom. The second-order valence-electron chi connectivity index (χ2n) is 4.36. The van der Waals surface area contributed by atoms with E-state index in [9.17, 15) is 9.59 Å². The molecular weight excluding hydrogens is 311 g/mol. The number of hydrogen-bond donors (Lipinski definition) is 1. The van der Waals surface area contributed by atoms with E-state index in [1.807, 2.05) is 0 Å². The number of fused-ring (bicyclic) bond motifs is 1. The maximum atomic E-state index is 11.9. The van der Waals surface area contributed by atoms with Crippen LogP contribution in [-0.2, 0) is 4.79 Å². The average molecular weight is 319 g/mol. The molecule has 1 aromatic carbocycles. The van der Waals surface area contributed by atoms with Gasteiger partial charge in [0.05, 0.1) is 15.7 Å². The lowest BCUT2D eigenvalue weighted by molar-refractivity contribution is -0.104. The van der Waals surface area contributed by atoms with Crippen molar-refractivity contribution in [3.63, 3.8) is 0 Å². The van der Waals surface area contributed by atoms with E-state index in [1.54, 1.807) is 36.5 Å². The number of nitrogens with zero attached hydrogens (tertiary/aromatic N) is 1. The molecule has 0 atom stereocenters. The van der Waals surface area contributed by atoms with Gasteiger partial charge in [0.15, 0.2) is 6.29 Å². The van der Waals surface area contributed by atoms with Crippen molar-refractivity contribution in [2.75, 3.05) is 0 Å². The van der Waals surface area contributed by atoms with Crippen LogP contribution in [0.3, 0.4) is 0 Å². The minimum absolute atomic E-state index is 0.155. The molecule has 21 heavy (non-hydrogen) atoms. The quantitative estimate of drug-likeness (QED) is 0.452. The van der Waals surface area contributed by atoms with E-state index in [0.717, 1.165) is 0 Å². The van der Waals surface area contributed by atoms with Crippen molar-refractivity contribution in [1.29, 1.82) is 0 Å². The van der Waals surface area contributed by atoms with Crippen LogP contribution in [0.4, 0.5) is 0 Å². The fourth-order valence-electron chi connectivity index (χ4n) is 2.23. The van der Waals surface area contributed by atoms with Gasteiger partial charge in [-0.3, -0.25) is 14.6 Å². The number of carbonyl (C=O) groups excluding carboxylic acids is 2. The van der Waals surface area contributed by atoms with Crippen molar-refractivity contribution in [1.82, 2.24) is 9.97 Å². The van der Waals surface area contributed by atoms with E-state index >= 15 is 0 Å². The molecule has 2 heterocycles. The highest BCUT2D eigenvalue weighted by Gasteiger charge is 2.22. The molecule has 0 saturated heterocycles. The SMILES string of the molecule is O=CC(=O)c1[nH]c2ccc(Cl)c(Cl)c2c1-c1ccccn1. The Morgan fingerprint density at radius 2 is 2.00 bits per heavy atom. The molecule has 104 valence electrons. The van der Waals surface area contributed by atoms with Gasteiger partial charge in [-0.1, -0.05) is 29.3 Å². The number of aromatic amines is 1. The zero-order chi connectivity index (χ0) is 15.0. The minimum Gasteiger partial charge on any atom is -0.351 e. The first-order valence-electron chi connectivity index (χ1n) is 6.04. The van der Waals surface area contributed by atoms with Gasteiger partial charge in [0, 0.05) is 22.7 Å². The average Bonchev–Trinajstić information content (AvgIpc) is 2.91. The Labute approximate surface area is 129 Å². The Balaban J connectivity index is 2.45. The number of carbonyl (C=O) groups is 2. The summed E-state index contributed by atoms with van der Waals surface area (Å²) >= 11 is 12.3. The van der Waals surface area contributed by atoms with Crippen molar-refractivity contribution in [2.24, 2.45) is 0 Å². The maximum Gasteiger partial charge on any atom is 0.242 e. The van der Waals surface area contributed by atoms with Crippen LogP contribution in [0.25, 0.3) is 22.2 Å². The zero-order valence-electron chi connectivity index (χ0n) is 10.6. The summed E-state index contributed by atoms with van der Waals surface area (Å²) in [5.74, 6) is -0.668. The lowest BCUT2D eigenvalue weighted by Crippen LogP contribution is -2.02. The summed E-state index contributed by atoms with van der Waals surface area (Å²) in [6.07, 6.45) is 1.86. The van der Waals surface area contributed by atoms with Crippen LogP contribution in [-0.4, -0.2) is 22.0 Å². The summed E-state index contributed by atoms with van der Waals surface area (Å²) in [5, 5.41) is 1.26. The van der Waals surface area contributed by atoms with Crippen LogP contribution in [0, 0.1) is 0 Å². The normalized spacial score (nSPS) is 10.8. The van der Waals surface area contributed by atoms with E-state index < -0.39 is 5.78 Å². The molecule has 4 nitrogen and oxygen atoms in total. The number of Topliss-reactive ketones (excluding diaryl/α,β-unsaturated/α-hetero) is 1. The molecule has 6 heteroatoms. The molecule has 3 aromatic rings. The number of pyridine rings is 1. The summed E-state index contributed by atoms with van der Waals surface area (Å²) < 4.78 is 0.